The summed E-state index contributed by atoms with van der Waals surface area (Å²) in [7, 11) is 0. The van der Waals surface area contributed by atoms with Crippen molar-refractivity contribution in [3.05, 3.63) is 29.6 Å². The highest BCUT2D eigenvalue weighted by molar-refractivity contribution is 9.08. The van der Waals surface area contributed by atoms with Gasteiger partial charge < -0.3 is 4.74 Å². The van der Waals surface area contributed by atoms with E-state index in [0.29, 0.717) is 5.33 Å². The monoisotopic (exact) mass is 246 g/mol. The summed E-state index contributed by atoms with van der Waals surface area (Å²) in [6.45, 7) is 3.89. The molecular weight excluding hydrogens is 235 g/mol. The lowest BCUT2D eigenvalue weighted by Gasteiger charge is -2.12. The van der Waals surface area contributed by atoms with Crippen LogP contribution in [0.3, 0.4) is 0 Å². The Hall–Kier alpha value is -0.570. The van der Waals surface area contributed by atoms with Crippen molar-refractivity contribution in [3.8, 4) is 5.75 Å². The van der Waals surface area contributed by atoms with Crippen LogP contribution in [0.15, 0.2) is 18.2 Å². The van der Waals surface area contributed by atoms with Crippen LogP contribution in [0.25, 0.3) is 0 Å². The SMILES string of the molecule is CC(C)Oc1ccc(F)cc1CBr. The third-order valence-corrected chi connectivity index (χ3v) is 2.13. The van der Waals surface area contributed by atoms with Crippen molar-refractivity contribution in [2.75, 3.05) is 0 Å². The standard InChI is InChI=1S/C10H12BrFO/c1-7(2)13-10-4-3-9(12)5-8(10)6-11/h3-5,7H,6H2,1-2H3. The van der Waals surface area contributed by atoms with Gasteiger partial charge in [0, 0.05) is 10.9 Å². The largest absolute Gasteiger partial charge is 0.491 e. The van der Waals surface area contributed by atoms with Gasteiger partial charge in [-0.15, -0.1) is 0 Å². The van der Waals surface area contributed by atoms with Crippen molar-refractivity contribution in [2.45, 2.75) is 25.3 Å². The predicted molar refractivity (Wildman–Crippen MR) is 54.8 cm³/mol. The molecule has 0 aliphatic rings. The molecule has 72 valence electrons. The van der Waals surface area contributed by atoms with Gasteiger partial charge >= 0.3 is 0 Å². The van der Waals surface area contributed by atoms with Gasteiger partial charge in [-0.3, -0.25) is 0 Å². The number of rotatable bonds is 3. The van der Waals surface area contributed by atoms with Crippen molar-refractivity contribution >= 4 is 15.9 Å². The molecule has 0 amide bonds. The lowest BCUT2D eigenvalue weighted by atomic mass is 10.2. The third kappa shape index (κ3) is 2.99. The van der Waals surface area contributed by atoms with Crippen LogP contribution in [-0.4, -0.2) is 6.10 Å². The lowest BCUT2D eigenvalue weighted by molar-refractivity contribution is 0.240. The number of halogens is 2. The van der Waals surface area contributed by atoms with Crippen LogP contribution < -0.4 is 4.74 Å². The summed E-state index contributed by atoms with van der Waals surface area (Å²) in [4.78, 5) is 0. The Labute approximate surface area is 86.0 Å². The molecule has 13 heavy (non-hydrogen) atoms. The van der Waals surface area contributed by atoms with Crippen molar-refractivity contribution in [3.63, 3.8) is 0 Å². The molecule has 0 saturated carbocycles. The Kier molecular flexibility index (Phi) is 3.72. The van der Waals surface area contributed by atoms with E-state index in [9.17, 15) is 4.39 Å². The number of alkyl halides is 1. The molecule has 3 heteroatoms. The molecule has 0 unspecified atom stereocenters. The molecule has 1 aromatic carbocycles. The molecule has 0 aliphatic heterocycles. The van der Waals surface area contributed by atoms with Crippen LogP contribution in [0.2, 0.25) is 0 Å². The summed E-state index contributed by atoms with van der Waals surface area (Å²) < 4.78 is 18.3. The Bertz CT molecular complexity index is 286. The summed E-state index contributed by atoms with van der Waals surface area (Å²) in [6, 6.07) is 4.54. The van der Waals surface area contributed by atoms with E-state index in [-0.39, 0.29) is 11.9 Å². The van der Waals surface area contributed by atoms with E-state index in [1.165, 1.54) is 12.1 Å². The summed E-state index contributed by atoms with van der Waals surface area (Å²) >= 11 is 3.29. The average molecular weight is 247 g/mol. The highest BCUT2D eigenvalue weighted by Gasteiger charge is 2.05. The van der Waals surface area contributed by atoms with E-state index in [1.54, 1.807) is 6.07 Å². The van der Waals surface area contributed by atoms with E-state index < -0.39 is 0 Å². The van der Waals surface area contributed by atoms with E-state index in [0.717, 1.165) is 11.3 Å². The molecular formula is C10H12BrFO. The van der Waals surface area contributed by atoms with Gasteiger partial charge in [-0.2, -0.15) is 0 Å². The highest BCUT2D eigenvalue weighted by atomic mass is 79.9. The zero-order chi connectivity index (χ0) is 9.84. The maximum Gasteiger partial charge on any atom is 0.123 e. The summed E-state index contributed by atoms with van der Waals surface area (Å²) in [6.07, 6.45) is 0.114. The fraction of sp³-hybridized carbons (Fsp3) is 0.400. The first-order valence-electron chi connectivity index (χ1n) is 4.14. The summed E-state index contributed by atoms with van der Waals surface area (Å²) in [5.74, 6) is 0.513. The molecule has 0 aromatic heterocycles. The molecule has 0 N–H and O–H groups in total. The third-order valence-electron chi connectivity index (χ3n) is 1.53. The minimum Gasteiger partial charge on any atom is -0.491 e. The van der Waals surface area contributed by atoms with Gasteiger partial charge in [-0.1, -0.05) is 15.9 Å². The molecule has 0 spiro atoms. The maximum atomic E-state index is 12.8. The quantitative estimate of drug-likeness (QED) is 0.742. The van der Waals surface area contributed by atoms with E-state index in [2.05, 4.69) is 15.9 Å². The first kappa shape index (κ1) is 10.5. The summed E-state index contributed by atoms with van der Waals surface area (Å²) in [5, 5.41) is 0.604. The fourth-order valence-electron chi connectivity index (χ4n) is 1.02. The first-order chi connectivity index (χ1) is 6.13. The van der Waals surface area contributed by atoms with Gasteiger partial charge in [0.15, 0.2) is 0 Å². The van der Waals surface area contributed by atoms with Gasteiger partial charge in [0.2, 0.25) is 0 Å². The highest BCUT2D eigenvalue weighted by Crippen LogP contribution is 2.23. The van der Waals surface area contributed by atoms with Gasteiger partial charge in [0.05, 0.1) is 6.10 Å². The summed E-state index contributed by atoms with van der Waals surface area (Å²) in [5.41, 5.74) is 0.841. The molecule has 0 bridgehead atoms. The van der Waals surface area contributed by atoms with Crippen LogP contribution in [0.4, 0.5) is 4.39 Å². The number of hydrogen-bond acceptors (Lipinski definition) is 1. The molecule has 0 heterocycles. The van der Waals surface area contributed by atoms with E-state index in [1.807, 2.05) is 13.8 Å². The van der Waals surface area contributed by atoms with Crippen LogP contribution in [0, 0.1) is 5.82 Å². The molecule has 0 aliphatic carbocycles. The molecule has 1 aromatic rings. The number of benzene rings is 1. The van der Waals surface area contributed by atoms with Crippen LogP contribution >= 0.6 is 15.9 Å². The van der Waals surface area contributed by atoms with Gasteiger partial charge in [0.25, 0.3) is 0 Å². The first-order valence-corrected chi connectivity index (χ1v) is 5.26. The maximum absolute atomic E-state index is 12.8. The Morgan fingerprint density at radius 2 is 2.15 bits per heavy atom. The van der Waals surface area contributed by atoms with Crippen molar-refractivity contribution in [1.82, 2.24) is 0 Å². The Morgan fingerprint density at radius 1 is 1.46 bits per heavy atom. The minimum absolute atomic E-state index is 0.114. The molecule has 1 rings (SSSR count). The number of ether oxygens (including phenoxy) is 1. The molecule has 0 atom stereocenters. The van der Waals surface area contributed by atoms with Gasteiger partial charge in [-0.25, -0.2) is 4.39 Å². The second kappa shape index (κ2) is 4.61. The van der Waals surface area contributed by atoms with Gasteiger partial charge in [-0.05, 0) is 32.0 Å². The average Bonchev–Trinajstić information content (AvgIpc) is 2.07. The minimum atomic E-state index is -0.231. The van der Waals surface area contributed by atoms with Crippen LogP contribution in [0.1, 0.15) is 19.4 Å². The van der Waals surface area contributed by atoms with E-state index in [4.69, 9.17) is 4.74 Å². The zero-order valence-corrected chi connectivity index (χ0v) is 9.27. The van der Waals surface area contributed by atoms with Crippen LogP contribution in [0.5, 0.6) is 5.75 Å². The molecule has 0 saturated heterocycles. The second-order valence-electron chi connectivity index (χ2n) is 3.05. The zero-order valence-electron chi connectivity index (χ0n) is 7.68. The molecule has 0 fully saturated rings. The van der Waals surface area contributed by atoms with Crippen LogP contribution in [-0.2, 0) is 5.33 Å². The Balaban J connectivity index is 2.92. The van der Waals surface area contributed by atoms with Crippen molar-refractivity contribution < 1.29 is 9.13 Å². The topological polar surface area (TPSA) is 9.23 Å². The van der Waals surface area contributed by atoms with Gasteiger partial charge in [0.1, 0.15) is 11.6 Å². The Morgan fingerprint density at radius 3 is 2.69 bits per heavy atom. The van der Waals surface area contributed by atoms with Crippen molar-refractivity contribution in [1.29, 1.82) is 0 Å². The lowest BCUT2D eigenvalue weighted by Crippen LogP contribution is -2.07. The number of hydrogen-bond donors (Lipinski definition) is 0. The normalized spacial score (nSPS) is 10.5. The van der Waals surface area contributed by atoms with E-state index >= 15 is 0 Å². The fourth-order valence-corrected chi connectivity index (χ4v) is 1.46. The molecule has 1 nitrogen and oxygen atoms in total. The van der Waals surface area contributed by atoms with Crippen molar-refractivity contribution in [2.24, 2.45) is 0 Å². The predicted octanol–water partition coefficient (Wildman–Crippen LogP) is 3.51. The smallest absolute Gasteiger partial charge is 0.123 e. The second-order valence-corrected chi connectivity index (χ2v) is 3.61. The molecule has 0 radical (unpaired) electrons.